The number of carbonyl (C=O) groups is 1. The molecule has 0 saturated heterocycles. The number of rotatable bonds is 8. The minimum absolute atomic E-state index is 0.0474. The number of hydrogen-bond donors (Lipinski definition) is 1. The lowest BCUT2D eigenvalue weighted by Crippen LogP contribution is -2.35. The van der Waals surface area contributed by atoms with E-state index in [0.29, 0.717) is 18.7 Å². The van der Waals surface area contributed by atoms with E-state index in [2.05, 4.69) is 36.2 Å². The Labute approximate surface area is 144 Å². The van der Waals surface area contributed by atoms with E-state index in [9.17, 15) is 4.79 Å². The third kappa shape index (κ3) is 4.83. The summed E-state index contributed by atoms with van der Waals surface area (Å²) >= 11 is 0. The fraction of sp³-hybridized carbons (Fsp3) is 0.350. The van der Waals surface area contributed by atoms with Gasteiger partial charge in [-0.2, -0.15) is 0 Å². The van der Waals surface area contributed by atoms with E-state index in [1.165, 1.54) is 11.3 Å². The summed E-state index contributed by atoms with van der Waals surface area (Å²) in [5.41, 5.74) is 4.14. The van der Waals surface area contributed by atoms with Gasteiger partial charge < -0.3 is 15.0 Å². The van der Waals surface area contributed by atoms with Gasteiger partial charge in [-0.1, -0.05) is 30.3 Å². The lowest BCUT2D eigenvalue weighted by atomic mass is 10.1. The van der Waals surface area contributed by atoms with Crippen molar-refractivity contribution in [2.75, 3.05) is 31.6 Å². The third-order valence-corrected chi connectivity index (χ3v) is 4.01. The molecule has 0 saturated carbocycles. The van der Waals surface area contributed by atoms with Crippen LogP contribution in [-0.2, 0) is 11.3 Å². The Morgan fingerprint density at radius 3 is 2.67 bits per heavy atom. The number of hydrogen-bond acceptors (Lipinski definition) is 3. The first-order chi connectivity index (χ1) is 11.7. The van der Waals surface area contributed by atoms with E-state index in [-0.39, 0.29) is 5.91 Å². The standard InChI is InChI=1S/C20H26N2O2/c1-4-22(19-11-6-5-8-16(19)2)13-12-21-20(23)18-10-7-9-17(14-18)15-24-3/h5-11,14H,4,12-13,15H2,1-3H3,(H,21,23). The summed E-state index contributed by atoms with van der Waals surface area (Å²) in [4.78, 5) is 14.6. The SMILES string of the molecule is CCN(CCNC(=O)c1cccc(COC)c1)c1ccccc1C. The van der Waals surface area contributed by atoms with Crippen molar-refractivity contribution in [2.24, 2.45) is 0 Å². The van der Waals surface area contributed by atoms with Gasteiger partial charge in [-0.3, -0.25) is 4.79 Å². The largest absolute Gasteiger partial charge is 0.380 e. The zero-order valence-electron chi connectivity index (χ0n) is 14.7. The molecular formula is C20H26N2O2. The van der Waals surface area contributed by atoms with Crippen molar-refractivity contribution in [1.29, 1.82) is 0 Å². The highest BCUT2D eigenvalue weighted by molar-refractivity contribution is 5.94. The van der Waals surface area contributed by atoms with Crippen LogP contribution in [0, 0.1) is 6.92 Å². The summed E-state index contributed by atoms with van der Waals surface area (Å²) in [5.74, 6) is -0.0474. The number of benzene rings is 2. The molecule has 0 unspecified atom stereocenters. The molecule has 4 nitrogen and oxygen atoms in total. The number of amides is 1. The van der Waals surface area contributed by atoms with Gasteiger partial charge in [0.25, 0.3) is 5.91 Å². The summed E-state index contributed by atoms with van der Waals surface area (Å²) in [5, 5.41) is 3.00. The van der Waals surface area contributed by atoms with Crippen molar-refractivity contribution >= 4 is 11.6 Å². The van der Waals surface area contributed by atoms with Gasteiger partial charge in [-0.15, -0.1) is 0 Å². The molecule has 0 radical (unpaired) electrons. The maximum absolute atomic E-state index is 12.3. The van der Waals surface area contributed by atoms with Crippen LogP contribution in [0.1, 0.15) is 28.4 Å². The van der Waals surface area contributed by atoms with Crippen molar-refractivity contribution < 1.29 is 9.53 Å². The van der Waals surface area contributed by atoms with Gasteiger partial charge in [0.1, 0.15) is 0 Å². The Morgan fingerprint density at radius 1 is 1.17 bits per heavy atom. The molecule has 0 atom stereocenters. The quantitative estimate of drug-likeness (QED) is 0.808. The van der Waals surface area contributed by atoms with Crippen LogP contribution >= 0.6 is 0 Å². The number of para-hydroxylation sites is 1. The maximum Gasteiger partial charge on any atom is 0.251 e. The van der Waals surface area contributed by atoms with E-state index >= 15 is 0 Å². The molecule has 1 amide bonds. The van der Waals surface area contributed by atoms with Crippen LogP contribution in [0.25, 0.3) is 0 Å². The van der Waals surface area contributed by atoms with Crippen LogP contribution in [0.3, 0.4) is 0 Å². The third-order valence-electron chi connectivity index (χ3n) is 4.01. The highest BCUT2D eigenvalue weighted by atomic mass is 16.5. The lowest BCUT2D eigenvalue weighted by Gasteiger charge is -2.25. The number of ether oxygens (including phenoxy) is 1. The molecule has 1 N–H and O–H groups in total. The number of nitrogens with zero attached hydrogens (tertiary/aromatic N) is 1. The molecule has 0 fully saturated rings. The van der Waals surface area contributed by atoms with E-state index in [0.717, 1.165) is 18.7 Å². The van der Waals surface area contributed by atoms with Crippen molar-refractivity contribution in [3.8, 4) is 0 Å². The lowest BCUT2D eigenvalue weighted by molar-refractivity contribution is 0.0954. The number of aryl methyl sites for hydroxylation is 1. The van der Waals surface area contributed by atoms with Crippen LogP contribution in [-0.4, -0.2) is 32.7 Å². The zero-order chi connectivity index (χ0) is 17.4. The minimum atomic E-state index is -0.0474. The number of methoxy groups -OCH3 is 1. The predicted octanol–water partition coefficient (Wildman–Crippen LogP) is 3.40. The molecule has 0 heterocycles. The first kappa shape index (κ1) is 18.0. The van der Waals surface area contributed by atoms with E-state index in [4.69, 9.17) is 4.74 Å². The highest BCUT2D eigenvalue weighted by Crippen LogP contribution is 2.18. The first-order valence-corrected chi connectivity index (χ1v) is 8.32. The normalized spacial score (nSPS) is 10.5. The highest BCUT2D eigenvalue weighted by Gasteiger charge is 2.09. The van der Waals surface area contributed by atoms with Gasteiger partial charge in [0.15, 0.2) is 0 Å². The van der Waals surface area contributed by atoms with E-state index < -0.39 is 0 Å². The van der Waals surface area contributed by atoms with Crippen molar-refractivity contribution in [3.63, 3.8) is 0 Å². The molecule has 2 rings (SSSR count). The Balaban J connectivity index is 1.92. The van der Waals surface area contributed by atoms with Gasteiger partial charge in [0.2, 0.25) is 0 Å². The molecule has 4 heteroatoms. The first-order valence-electron chi connectivity index (χ1n) is 8.32. The van der Waals surface area contributed by atoms with Crippen molar-refractivity contribution in [2.45, 2.75) is 20.5 Å². The summed E-state index contributed by atoms with van der Waals surface area (Å²) in [6.07, 6.45) is 0. The second-order valence-electron chi connectivity index (χ2n) is 5.76. The molecule has 128 valence electrons. The monoisotopic (exact) mass is 326 g/mol. The van der Waals surface area contributed by atoms with Gasteiger partial charge >= 0.3 is 0 Å². The number of likely N-dealkylation sites (N-methyl/N-ethyl adjacent to an activating group) is 1. The molecule has 2 aromatic rings. The summed E-state index contributed by atoms with van der Waals surface area (Å²) in [7, 11) is 1.65. The maximum atomic E-state index is 12.3. The van der Waals surface area contributed by atoms with Gasteiger partial charge in [0.05, 0.1) is 6.61 Å². The second kappa shape index (κ2) is 9.08. The Kier molecular flexibility index (Phi) is 6.82. The van der Waals surface area contributed by atoms with Gasteiger partial charge in [-0.05, 0) is 43.2 Å². The molecule has 0 spiro atoms. The minimum Gasteiger partial charge on any atom is -0.380 e. The van der Waals surface area contributed by atoms with Gasteiger partial charge in [0, 0.05) is 38.0 Å². The number of carbonyl (C=O) groups excluding carboxylic acids is 1. The molecule has 24 heavy (non-hydrogen) atoms. The summed E-state index contributed by atoms with van der Waals surface area (Å²) in [6, 6.07) is 15.9. The van der Waals surface area contributed by atoms with E-state index in [1.807, 2.05) is 36.4 Å². The Morgan fingerprint density at radius 2 is 1.96 bits per heavy atom. The van der Waals surface area contributed by atoms with Gasteiger partial charge in [-0.25, -0.2) is 0 Å². The van der Waals surface area contributed by atoms with Crippen LogP contribution in [0.15, 0.2) is 48.5 Å². The van der Waals surface area contributed by atoms with Crippen LogP contribution < -0.4 is 10.2 Å². The molecule has 0 aliphatic heterocycles. The van der Waals surface area contributed by atoms with Crippen molar-refractivity contribution in [1.82, 2.24) is 5.32 Å². The molecule has 0 aromatic heterocycles. The van der Waals surface area contributed by atoms with Crippen molar-refractivity contribution in [3.05, 3.63) is 65.2 Å². The molecule has 2 aromatic carbocycles. The fourth-order valence-corrected chi connectivity index (χ4v) is 2.74. The molecule has 0 aliphatic carbocycles. The summed E-state index contributed by atoms with van der Waals surface area (Å²) < 4.78 is 5.11. The molecular weight excluding hydrogens is 300 g/mol. The molecule has 0 aliphatic rings. The smallest absolute Gasteiger partial charge is 0.251 e. The predicted molar refractivity (Wildman–Crippen MR) is 98.6 cm³/mol. The van der Waals surface area contributed by atoms with E-state index in [1.54, 1.807) is 7.11 Å². The van der Waals surface area contributed by atoms with Crippen LogP contribution in [0.2, 0.25) is 0 Å². The number of nitrogens with one attached hydrogen (secondary N) is 1. The fourth-order valence-electron chi connectivity index (χ4n) is 2.74. The zero-order valence-corrected chi connectivity index (χ0v) is 14.7. The topological polar surface area (TPSA) is 41.6 Å². The average Bonchev–Trinajstić information content (AvgIpc) is 2.60. The molecule has 0 bridgehead atoms. The Bertz CT molecular complexity index is 670. The summed E-state index contributed by atoms with van der Waals surface area (Å²) in [6.45, 7) is 7.04. The van der Waals surface area contributed by atoms with Crippen LogP contribution in [0.5, 0.6) is 0 Å². The average molecular weight is 326 g/mol. The second-order valence-corrected chi connectivity index (χ2v) is 5.76. The van der Waals surface area contributed by atoms with Crippen LogP contribution in [0.4, 0.5) is 5.69 Å². The number of anilines is 1. The Hall–Kier alpha value is -2.33.